The number of fused-ring (bicyclic) bond motifs is 1. The van der Waals surface area contributed by atoms with Gasteiger partial charge in [-0.25, -0.2) is 4.79 Å². The second-order valence-corrected chi connectivity index (χ2v) is 6.84. The van der Waals surface area contributed by atoms with Crippen LogP contribution in [-0.4, -0.2) is 39.8 Å². The van der Waals surface area contributed by atoms with E-state index in [-0.39, 0.29) is 11.7 Å². The molecule has 0 aliphatic heterocycles. The predicted molar refractivity (Wildman–Crippen MR) is 110 cm³/mol. The van der Waals surface area contributed by atoms with Gasteiger partial charge in [0.25, 0.3) is 0 Å². The van der Waals surface area contributed by atoms with Gasteiger partial charge in [-0.3, -0.25) is 0 Å². The maximum atomic E-state index is 11.9. The van der Waals surface area contributed by atoms with Gasteiger partial charge in [-0.05, 0) is 49.5 Å². The van der Waals surface area contributed by atoms with Crippen LogP contribution < -0.4 is 20.4 Å². The van der Waals surface area contributed by atoms with E-state index in [4.69, 9.17) is 13.9 Å². The van der Waals surface area contributed by atoms with Crippen LogP contribution >= 0.6 is 0 Å². The van der Waals surface area contributed by atoms with Gasteiger partial charge < -0.3 is 24.1 Å². The Labute approximate surface area is 164 Å². The first-order chi connectivity index (χ1) is 13.5. The summed E-state index contributed by atoms with van der Waals surface area (Å²) in [5, 5.41) is 4.38. The molecule has 0 spiro atoms. The topological polar surface area (TPSA) is 63.9 Å². The van der Waals surface area contributed by atoms with Crippen LogP contribution in [-0.2, 0) is 6.54 Å². The van der Waals surface area contributed by atoms with Gasteiger partial charge in [0.1, 0.15) is 17.1 Å². The number of rotatable bonds is 8. The fraction of sp³-hybridized carbons (Fsp3) is 0.318. The molecular weight excluding hydrogens is 356 g/mol. The number of nitrogens with one attached hydrogen (secondary N) is 1. The van der Waals surface area contributed by atoms with Gasteiger partial charge in [-0.15, -0.1) is 0 Å². The molecule has 6 heteroatoms. The largest absolute Gasteiger partial charge is 0.497 e. The molecule has 1 aromatic heterocycles. The van der Waals surface area contributed by atoms with Crippen LogP contribution in [0.4, 0.5) is 0 Å². The molecule has 0 radical (unpaired) electrons. The molecule has 0 unspecified atom stereocenters. The smallest absolute Gasteiger partial charge is 0.336 e. The highest BCUT2D eigenvalue weighted by molar-refractivity contribution is 5.81. The Morgan fingerprint density at radius 3 is 2.32 bits per heavy atom. The normalized spacial score (nSPS) is 12.3. The van der Waals surface area contributed by atoms with Crippen molar-refractivity contribution in [3.8, 4) is 11.5 Å². The zero-order chi connectivity index (χ0) is 20.1. The van der Waals surface area contributed by atoms with E-state index in [0.29, 0.717) is 17.9 Å². The van der Waals surface area contributed by atoms with E-state index in [2.05, 4.69) is 36.4 Å². The monoisotopic (exact) mass is 382 g/mol. The van der Waals surface area contributed by atoms with Crippen molar-refractivity contribution in [1.82, 2.24) is 10.2 Å². The lowest BCUT2D eigenvalue weighted by Crippen LogP contribution is -2.31. The lowest BCUT2D eigenvalue weighted by molar-refractivity contribution is 0.288. The maximum Gasteiger partial charge on any atom is 0.336 e. The number of methoxy groups -OCH3 is 2. The van der Waals surface area contributed by atoms with Crippen molar-refractivity contribution in [2.45, 2.75) is 12.6 Å². The molecule has 0 saturated carbocycles. The van der Waals surface area contributed by atoms with Gasteiger partial charge in [-0.1, -0.05) is 12.1 Å². The highest BCUT2D eigenvalue weighted by Gasteiger charge is 2.14. The Morgan fingerprint density at radius 1 is 1.00 bits per heavy atom. The Balaban J connectivity index is 1.76. The Hall–Kier alpha value is -2.83. The minimum atomic E-state index is -0.364. The molecule has 0 fully saturated rings. The Bertz CT molecular complexity index is 980. The Kier molecular flexibility index (Phi) is 6.34. The SMILES string of the molecule is COc1ccc([C@@H](CNCc2cc(=O)oc3cc(OC)ccc23)N(C)C)cc1. The second-order valence-electron chi connectivity index (χ2n) is 6.84. The fourth-order valence-electron chi connectivity index (χ4n) is 3.25. The molecule has 0 aliphatic carbocycles. The number of ether oxygens (including phenoxy) is 2. The average Bonchev–Trinajstić information content (AvgIpc) is 2.70. The summed E-state index contributed by atoms with van der Waals surface area (Å²) < 4.78 is 15.8. The Morgan fingerprint density at radius 2 is 1.68 bits per heavy atom. The molecule has 148 valence electrons. The summed E-state index contributed by atoms with van der Waals surface area (Å²) in [4.78, 5) is 14.1. The van der Waals surface area contributed by atoms with Gasteiger partial charge in [0.05, 0.1) is 14.2 Å². The van der Waals surface area contributed by atoms with Gasteiger partial charge in [0.15, 0.2) is 0 Å². The van der Waals surface area contributed by atoms with Gasteiger partial charge in [-0.2, -0.15) is 0 Å². The summed E-state index contributed by atoms with van der Waals surface area (Å²) in [6.45, 7) is 1.30. The van der Waals surface area contributed by atoms with Crippen molar-refractivity contribution >= 4 is 11.0 Å². The average molecular weight is 382 g/mol. The van der Waals surface area contributed by atoms with Crippen LogP contribution in [0.15, 0.2) is 57.7 Å². The summed E-state index contributed by atoms with van der Waals surface area (Å²) in [5.41, 5.74) is 2.27. The fourth-order valence-corrected chi connectivity index (χ4v) is 3.25. The third-order valence-corrected chi connectivity index (χ3v) is 4.81. The van der Waals surface area contributed by atoms with Crippen molar-refractivity contribution in [2.75, 3.05) is 34.9 Å². The summed E-state index contributed by atoms with van der Waals surface area (Å²) in [5.74, 6) is 1.50. The number of nitrogens with zero attached hydrogens (tertiary/aromatic N) is 1. The second kappa shape index (κ2) is 8.91. The summed E-state index contributed by atoms with van der Waals surface area (Å²) in [7, 11) is 7.35. The van der Waals surface area contributed by atoms with Gasteiger partial charge in [0, 0.05) is 36.7 Å². The minimum absolute atomic E-state index is 0.192. The molecule has 1 atom stereocenters. The zero-order valence-corrected chi connectivity index (χ0v) is 16.7. The zero-order valence-electron chi connectivity index (χ0n) is 16.7. The quantitative estimate of drug-likeness (QED) is 0.604. The summed E-state index contributed by atoms with van der Waals surface area (Å²) in [6, 6.07) is 15.3. The van der Waals surface area contributed by atoms with E-state index in [0.717, 1.165) is 23.2 Å². The first-order valence-electron chi connectivity index (χ1n) is 9.13. The van der Waals surface area contributed by atoms with Crippen LogP contribution in [0, 0.1) is 0 Å². The highest BCUT2D eigenvalue weighted by Crippen LogP contribution is 2.23. The first-order valence-corrected chi connectivity index (χ1v) is 9.13. The minimum Gasteiger partial charge on any atom is -0.497 e. The van der Waals surface area contributed by atoms with Gasteiger partial charge >= 0.3 is 5.63 Å². The lowest BCUT2D eigenvalue weighted by atomic mass is 10.1. The van der Waals surface area contributed by atoms with E-state index in [1.165, 1.54) is 5.56 Å². The molecule has 2 aromatic carbocycles. The van der Waals surface area contributed by atoms with Crippen LogP contribution in [0.3, 0.4) is 0 Å². The van der Waals surface area contributed by atoms with E-state index in [1.807, 2.05) is 24.3 Å². The third-order valence-electron chi connectivity index (χ3n) is 4.81. The highest BCUT2D eigenvalue weighted by atomic mass is 16.5. The van der Waals surface area contributed by atoms with E-state index < -0.39 is 0 Å². The molecule has 6 nitrogen and oxygen atoms in total. The van der Waals surface area contributed by atoms with Crippen molar-refractivity contribution in [3.63, 3.8) is 0 Å². The van der Waals surface area contributed by atoms with Gasteiger partial charge in [0.2, 0.25) is 0 Å². The molecule has 3 aromatic rings. The molecule has 0 amide bonds. The van der Waals surface area contributed by atoms with Crippen LogP contribution in [0.5, 0.6) is 11.5 Å². The molecule has 0 aliphatic rings. The van der Waals surface area contributed by atoms with E-state index >= 15 is 0 Å². The molecular formula is C22H26N2O4. The molecule has 3 rings (SSSR count). The molecule has 1 heterocycles. The first kappa shape index (κ1) is 19.9. The number of benzene rings is 2. The van der Waals surface area contributed by atoms with Crippen molar-refractivity contribution in [1.29, 1.82) is 0 Å². The maximum absolute atomic E-state index is 11.9. The molecule has 28 heavy (non-hydrogen) atoms. The number of hydrogen-bond donors (Lipinski definition) is 1. The standard InChI is InChI=1S/C22H26N2O4/c1-24(2)20(15-5-7-17(26-3)8-6-15)14-23-13-16-11-22(25)28-21-12-18(27-4)9-10-19(16)21/h5-12,20,23H,13-14H2,1-4H3/t20-/m1/s1. The lowest BCUT2D eigenvalue weighted by Gasteiger charge is -2.25. The summed E-state index contributed by atoms with van der Waals surface area (Å²) >= 11 is 0. The van der Waals surface area contributed by atoms with E-state index in [9.17, 15) is 4.79 Å². The van der Waals surface area contributed by atoms with Crippen LogP contribution in [0.2, 0.25) is 0 Å². The van der Waals surface area contributed by atoms with E-state index in [1.54, 1.807) is 26.4 Å². The van der Waals surface area contributed by atoms with Crippen molar-refractivity contribution in [3.05, 3.63) is 70.1 Å². The molecule has 0 bridgehead atoms. The van der Waals surface area contributed by atoms with Crippen molar-refractivity contribution < 1.29 is 13.9 Å². The van der Waals surface area contributed by atoms with Crippen LogP contribution in [0.25, 0.3) is 11.0 Å². The molecule has 0 saturated heterocycles. The third kappa shape index (κ3) is 4.52. The number of hydrogen-bond acceptors (Lipinski definition) is 6. The predicted octanol–water partition coefficient (Wildman–Crippen LogP) is 3.20. The number of likely N-dealkylation sites (N-methyl/N-ethyl adjacent to an activating group) is 1. The summed E-state index contributed by atoms with van der Waals surface area (Å²) in [6.07, 6.45) is 0. The van der Waals surface area contributed by atoms with Crippen molar-refractivity contribution in [2.24, 2.45) is 0 Å². The van der Waals surface area contributed by atoms with Crippen LogP contribution in [0.1, 0.15) is 17.2 Å². The molecule has 1 N–H and O–H groups in total.